The number of carbonyl (C=O) groups is 1. The zero-order valence-corrected chi connectivity index (χ0v) is 10.9. The molecular formula is C13H18N2O3. The molecule has 0 unspecified atom stereocenters. The lowest BCUT2D eigenvalue weighted by molar-refractivity contribution is -0.384. The molecule has 0 N–H and O–H groups in total. The van der Waals surface area contributed by atoms with Crippen LogP contribution in [0.15, 0.2) is 24.3 Å². The number of nitro groups is 1. The number of hydrogen-bond acceptors (Lipinski definition) is 3. The quantitative estimate of drug-likeness (QED) is 0.596. The van der Waals surface area contributed by atoms with Gasteiger partial charge in [-0.3, -0.25) is 14.9 Å². The zero-order valence-electron chi connectivity index (χ0n) is 10.9. The highest BCUT2D eigenvalue weighted by Gasteiger charge is 2.16. The van der Waals surface area contributed by atoms with Crippen molar-refractivity contribution in [2.45, 2.75) is 20.8 Å². The standard InChI is InChI=1S/C13H18N2O3/c1-4-14(9-10(2)3)13(16)11-5-7-12(8-6-11)15(17)18/h5-8,10H,4,9H2,1-3H3. The fraction of sp³-hybridized carbons (Fsp3) is 0.462. The van der Waals surface area contributed by atoms with Gasteiger partial charge in [-0.2, -0.15) is 0 Å². The number of nitro benzene ring substituents is 1. The number of carbonyl (C=O) groups excluding carboxylic acids is 1. The van der Waals surface area contributed by atoms with E-state index < -0.39 is 4.92 Å². The SMILES string of the molecule is CCN(CC(C)C)C(=O)c1ccc([N+](=O)[O-])cc1. The van der Waals surface area contributed by atoms with Crippen molar-refractivity contribution in [3.05, 3.63) is 39.9 Å². The topological polar surface area (TPSA) is 63.5 Å². The third-order valence-electron chi connectivity index (χ3n) is 2.58. The number of rotatable bonds is 5. The van der Waals surface area contributed by atoms with Gasteiger partial charge in [-0.25, -0.2) is 0 Å². The van der Waals surface area contributed by atoms with Gasteiger partial charge in [0.05, 0.1) is 4.92 Å². The average molecular weight is 250 g/mol. The van der Waals surface area contributed by atoms with Crippen molar-refractivity contribution in [3.8, 4) is 0 Å². The van der Waals surface area contributed by atoms with E-state index in [1.54, 1.807) is 4.90 Å². The van der Waals surface area contributed by atoms with Crippen molar-refractivity contribution in [1.82, 2.24) is 4.90 Å². The first kappa shape index (κ1) is 14.2. The molecule has 0 aliphatic carbocycles. The maximum absolute atomic E-state index is 12.1. The van der Waals surface area contributed by atoms with Gasteiger partial charge in [0, 0.05) is 30.8 Å². The van der Waals surface area contributed by atoms with E-state index in [1.807, 2.05) is 20.8 Å². The minimum Gasteiger partial charge on any atom is -0.339 e. The molecule has 0 fully saturated rings. The highest BCUT2D eigenvalue weighted by Crippen LogP contribution is 2.14. The van der Waals surface area contributed by atoms with Crippen LogP contribution >= 0.6 is 0 Å². The van der Waals surface area contributed by atoms with Gasteiger partial charge < -0.3 is 4.90 Å². The van der Waals surface area contributed by atoms with Crippen LogP contribution in [0, 0.1) is 16.0 Å². The summed E-state index contributed by atoms with van der Waals surface area (Å²) in [6, 6.07) is 5.72. The largest absolute Gasteiger partial charge is 0.339 e. The Kier molecular flexibility index (Phi) is 4.83. The maximum atomic E-state index is 12.1. The van der Waals surface area contributed by atoms with E-state index in [4.69, 9.17) is 0 Å². The molecule has 1 amide bonds. The van der Waals surface area contributed by atoms with Crippen LogP contribution < -0.4 is 0 Å². The van der Waals surface area contributed by atoms with Crippen LogP contribution in [0.25, 0.3) is 0 Å². The molecule has 1 rings (SSSR count). The molecule has 0 radical (unpaired) electrons. The van der Waals surface area contributed by atoms with Gasteiger partial charge in [-0.1, -0.05) is 13.8 Å². The summed E-state index contributed by atoms with van der Waals surface area (Å²) in [6.07, 6.45) is 0. The van der Waals surface area contributed by atoms with Gasteiger partial charge in [0.2, 0.25) is 0 Å². The summed E-state index contributed by atoms with van der Waals surface area (Å²) in [5, 5.41) is 10.5. The number of amides is 1. The number of benzene rings is 1. The summed E-state index contributed by atoms with van der Waals surface area (Å²) in [5.74, 6) is 0.313. The lowest BCUT2D eigenvalue weighted by Crippen LogP contribution is -2.33. The molecule has 0 heterocycles. The number of non-ortho nitro benzene ring substituents is 1. The van der Waals surface area contributed by atoms with Crippen molar-refractivity contribution in [2.24, 2.45) is 5.92 Å². The molecule has 5 nitrogen and oxygen atoms in total. The average Bonchev–Trinajstić information content (AvgIpc) is 2.35. The molecule has 5 heteroatoms. The Morgan fingerprint density at radius 2 is 1.89 bits per heavy atom. The van der Waals surface area contributed by atoms with Gasteiger partial charge in [0.15, 0.2) is 0 Å². The minimum atomic E-state index is -0.472. The molecule has 0 atom stereocenters. The van der Waals surface area contributed by atoms with Gasteiger partial charge >= 0.3 is 0 Å². The van der Waals surface area contributed by atoms with E-state index >= 15 is 0 Å². The summed E-state index contributed by atoms with van der Waals surface area (Å²) in [4.78, 5) is 23.9. The van der Waals surface area contributed by atoms with Crippen molar-refractivity contribution in [1.29, 1.82) is 0 Å². The number of nitrogens with zero attached hydrogens (tertiary/aromatic N) is 2. The van der Waals surface area contributed by atoms with Crippen LogP contribution in [0.2, 0.25) is 0 Å². The Hall–Kier alpha value is -1.91. The monoisotopic (exact) mass is 250 g/mol. The summed E-state index contributed by atoms with van der Waals surface area (Å²) < 4.78 is 0. The molecule has 0 aromatic heterocycles. The van der Waals surface area contributed by atoms with Gasteiger partial charge in [0.1, 0.15) is 0 Å². The molecule has 0 aliphatic rings. The second kappa shape index (κ2) is 6.14. The first-order valence-electron chi connectivity index (χ1n) is 5.99. The first-order valence-corrected chi connectivity index (χ1v) is 5.99. The molecule has 0 spiro atoms. The smallest absolute Gasteiger partial charge is 0.269 e. The van der Waals surface area contributed by atoms with Crippen molar-refractivity contribution in [2.75, 3.05) is 13.1 Å². The Morgan fingerprint density at radius 3 is 2.28 bits per heavy atom. The van der Waals surface area contributed by atoms with Crippen molar-refractivity contribution in [3.63, 3.8) is 0 Å². The van der Waals surface area contributed by atoms with Crippen LogP contribution in [-0.2, 0) is 0 Å². The molecule has 0 aliphatic heterocycles. The Labute approximate surface area is 107 Å². The Bertz CT molecular complexity index is 426. The van der Waals surface area contributed by atoms with Crippen LogP contribution in [0.1, 0.15) is 31.1 Å². The predicted molar refractivity (Wildman–Crippen MR) is 69.5 cm³/mol. The molecule has 1 aromatic rings. The molecular weight excluding hydrogens is 232 g/mol. The fourth-order valence-electron chi connectivity index (χ4n) is 1.70. The second-order valence-corrected chi connectivity index (χ2v) is 4.54. The summed E-state index contributed by atoms with van der Waals surface area (Å²) in [7, 11) is 0. The van der Waals surface area contributed by atoms with E-state index in [2.05, 4.69) is 0 Å². The fourth-order valence-corrected chi connectivity index (χ4v) is 1.70. The third kappa shape index (κ3) is 3.55. The van der Waals surface area contributed by atoms with Crippen molar-refractivity contribution < 1.29 is 9.72 Å². The Morgan fingerprint density at radius 1 is 1.33 bits per heavy atom. The third-order valence-corrected chi connectivity index (χ3v) is 2.58. The van der Waals surface area contributed by atoms with Crippen LogP contribution in [0.5, 0.6) is 0 Å². The molecule has 18 heavy (non-hydrogen) atoms. The Balaban J connectivity index is 2.85. The van der Waals surface area contributed by atoms with E-state index in [9.17, 15) is 14.9 Å². The molecule has 1 aromatic carbocycles. The molecule has 98 valence electrons. The summed E-state index contributed by atoms with van der Waals surface area (Å²) >= 11 is 0. The van der Waals surface area contributed by atoms with Crippen LogP contribution in [-0.4, -0.2) is 28.8 Å². The molecule has 0 bridgehead atoms. The van der Waals surface area contributed by atoms with E-state index in [1.165, 1.54) is 24.3 Å². The zero-order chi connectivity index (χ0) is 13.7. The van der Waals surface area contributed by atoms with E-state index in [-0.39, 0.29) is 11.6 Å². The van der Waals surface area contributed by atoms with Crippen molar-refractivity contribution >= 4 is 11.6 Å². The van der Waals surface area contributed by atoms with Crippen LogP contribution in [0.3, 0.4) is 0 Å². The predicted octanol–water partition coefficient (Wildman–Crippen LogP) is 2.71. The highest BCUT2D eigenvalue weighted by molar-refractivity contribution is 5.94. The van der Waals surface area contributed by atoms with E-state index in [0.29, 0.717) is 24.6 Å². The summed E-state index contributed by atoms with van der Waals surface area (Å²) in [6.45, 7) is 7.34. The maximum Gasteiger partial charge on any atom is 0.269 e. The number of hydrogen-bond donors (Lipinski definition) is 0. The van der Waals surface area contributed by atoms with Crippen LogP contribution in [0.4, 0.5) is 5.69 Å². The minimum absolute atomic E-state index is 0.00143. The lowest BCUT2D eigenvalue weighted by Gasteiger charge is -2.22. The van der Waals surface area contributed by atoms with E-state index in [0.717, 1.165) is 0 Å². The second-order valence-electron chi connectivity index (χ2n) is 4.54. The summed E-state index contributed by atoms with van der Waals surface area (Å²) in [5.41, 5.74) is 0.488. The van der Waals surface area contributed by atoms with Gasteiger partial charge in [0.25, 0.3) is 11.6 Å². The lowest BCUT2D eigenvalue weighted by atomic mass is 10.1. The molecule has 0 saturated heterocycles. The first-order chi connectivity index (χ1) is 8.45. The van der Waals surface area contributed by atoms with Gasteiger partial charge in [-0.15, -0.1) is 0 Å². The van der Waals surface area contributed by atoms with Gasteiger partial charge in [-0.05, 0) is 25.0 Å². The highest BCUT2D eigenvalue weighted by atomic mass is 16.6. The molecule has 0 saturated carbocycles. The normalized spacial score (nSPS) is 10.4.